The molecule has 0 aliphatic heterocycles. The lowest BCUT2D eigenvalue weighted by atomic mass is 10.1. The Labute approximate surface area is 250 Å². The number of halogens is 1. The number of hydrogen-bond donors (Lipinski definition) is 2. The van der Waals surface area contributed by atoms with Crippen LogP contribution in [0.15, 0.2) is 47.6 Å². The van der Waals surface area contributed by atoms with Crippen molar-refractivity contribution in [3.8, 4) is 5.69 Å². The van der Waals surface area contributed by atoms with E-state index in [-0.39, 0.29) is 30.4 Å². The molecule has 42 heavy (non-hydrogen) atoms. The molecule has 4 aromatic rings. The molecule has 1 aliphatic rings. The summed E-state index contributed by atoms with van der Waals surface area (Å²) in [5, 5.41) is 15.3. The number of nitrogens with one attached hydrogen (secondary N) is 2. The van der Waals surface area contributed by atoms with Gasteiger partial charge in [-0.3, -0.25) is 14.2 Å². The van der Waals surface area contributed by atoms with Gasteiger partial charge in [-0.1, -0.05) is 30.0 Å². The number of thioether (sulfide) groups is 1. The van der Waals surface area contributed by atoms with Gasteiger partial charge in [-0.2, -0.15) is 0 Å². The van der Waals surface area contributed by atoms with Crippen LogP contribution in [0.1, 0.15) is 61.5 Å². The number of esters is 1. The van der Waals surface area contributed by atoms with Crippen LogP contribution >= 0.6 is 23.1 Å². The highest BCUT2D eigenvalue weighted by molar-refractivity contribution is 7.99. The van der Waals surface area contributed by atoms with Crippen LogP contribution in [0.2, 0.25) is 0 Å². The Morgan fingerprint density at radius 1 is 1.12 bits per heavy atom. The van der Waals surface area contributed by atoms with Gasteiger partial charge in [-0.05, 0) is 81.0 Å². The van der Waals surface area contributed by atoms with Crippen LogP contribution in [0.5, 0.6) is 0 Å². The van der Waals surface area contributed by atoms with E-state index in [1.165, 1.54) is 47.4 Å². The molecule has 0 saturated carbocycles. The Bertz CT molecular complexity index is 1670. The second kappa shape index (κ2) is 12.9. The maximum absolute atomic E-state index is 13.6. The fourth-order valence-corrected chi connectivity index (χ4v) is 6.86. The number of thiophene rings is 1. The van der Waals surface area contributed by atoms with E-state index >= 15 is 0 Å². The number of amides is 2. The molecule has 0 fully saturated rings. The van der Waals surface area contributed by atoms with E-state index in [4.69, 9.17) is 4.74 Å². The number of carbonyl (C=O) groups excluding carboxylic acids is 3. The molecule has 2 aromatic heterocycles. The number of anilines is 1. The molecule has 218 valence electrons. The largest absolute Gasteiger partial charge is 0.462 e. The Kier molecular flexibility index (Phi) is 9.03. The van der Waals surface area contributed by atoms with E-state index in [9.17, 15) is 18.8 Å². The number of rotatable bonds is 10. The molecular formula is C30H30FN5O4S2. The van der Waals surface area contributed by atoms with Crippen LogP contribution in [-0.4, -0.2) is 44.9 Å². The Hall–Kier alpha value is -4.03. The van der Waals surface area contributed by atoms with Gasteiger partial charge in [0.2, 0.25) is 5.91 Å². The zero-order chi connectivity index (χ0) is 29.8. The first-order valence-corrected chi connectivity index (χ1v) is 15.3. The number of aromatic nitrogens is 3. The first-order valence-electron chi connectivity index (χ1n) is 13.5. The molecule has 0 unspecified atom stereocenters. The van der Waals surface area contributed by atoms with Crippen LogP contribution in [0.3, 0.4) is 0 Å². The number of ether oxygens (including phenoxy) is 1. The summed E-state index contributed by atoms with van der Waals surface area (Å²) in [5.41, 5.74) is 4.42. The molecule has 2 N–H and O–H groups in total. The first kappa shape index (κ1) is 29.5. The predicted molar refractivity (Wildman–Crippen MR) is 160 cm³/mol. The molecular weight excluding hydrogens is 577 g/mol. The van der Waals surface area contributed by atoms with Gasteiger partial charge in [0.15, 0.2) is 11.0 Å². The normalized spacial score (nSPS) is 12.2. The zero-order valence-electron chi connectivity index (χ0n) is 23.5. The van der Waals surface area contributed by atoms with Crippen LogP contribution in [0, 0.1) is 19.7 Å². The van der Waals surface area contributed by atoms with E-state index in [0.717, 1.165) is 46.5 Å². The number of benzene rings is 2. The van der Waals surface area contributed by atoms with Crippen LogP contribution in [0.4, 0.5) is 9.39 Å². The molecule has 1 aliphatic carbocycles. The third-order valence-corrected chi connectivity index (χ3v) is 8.92. The van der Waals surface area contributed by atoms with Gasteiger partial charge in [-0.25, -0.2) is 9.18 Å². The van der Waals surface area contributed by atoms with Gasteiger partial charge in [0.25, 0.3) is 5.91 Å². The third-order valence-electron chi connectivity index (χ3n) is 6.79. The summed E-state index contributed by atoms with van der Waals surface area (Å²) in [7, 11) is 0. The van der Waals surface area contributed by atoms with Crippen molar-refractivity contribution < 1.29 is 23.5 Å². The number of aryl methyl sites for hydroxylation is 3. The number of carbonyl (C=O) groups is 3. The number of nitrogens with zero attached hydrogens (tertiary/aromatic N) is 3. The summed E-state index contributed by atoms with van der Waals surface area (Å²) in [6.45, 7) is 5.97. The molecule has 0 spiro atoms. The van der Waals surface area contributed by atoms with Crippen molar-refractivity contribution in [2.24, 2.45) is 0 Å². The first-order chi connectivity index (χ1) is 20.2. The van der Waals surface area contributed by atoms with E-state index in [1.807, 2.05) is 36.6 Å². The summed E-state index contributed by atoms with van der Waals surface area (Å²) < 4.78 is 20.7. The molecule has 0 bridgehead atoms. The van der Waals surface area contributed by atoms with Gasteiger partial charge in [0.1, 0.15) is 10.8 Å². The minimum absolute atomic E-state index is 0.0173. The van der Waals surface area contributed by atoms with E-state index < -0.39 is 17.7 Å². The van der Waals surface area contributed by atoms with Gasteiger partial charge < -0.3 is 15.4 Å². The van der Waals surface area contributed by atoms with Gasteiger partial charge in [0.05, 0.1) is 30.2 Å². The highest BCUT2D eigenvalue weighted by atomic mass is 32.2. The topological polar surface area (TPSA) is 115 Å². The monoisotopic (exact) mass is 607 g/mol. The second-order valence-electron chi connectivity index (χ2n) is 9.84. The molecule has 2 aromatic carbocycles. The fourth-order valence-electron chi connectivity index (χ4n) is 4.81. The highest BCUT2D eigenvalue weighted by Gasteiger charge is 2.28. The molecule has 9 nitrogen and oxygen atoms in total. The van der Waals surface area contributed by atoms with Crippen LogP contribution < -0.4 is 10.6 Å². The number of fused-ring (bicyclic) bond motifs is 1. The van der Waals surface area contributed by atoms with Crippen LogP contribution in [0.25, 0.3) is 5.69 Å². The summed E-state index contributed by atoms with van der Waals surface area (Å²) in [4.78, 5) is 39.6. The maximum atomic E-state index is 13.6. The minimum atomic E-state index is -0.500. The van der Waals surface area contributed by atoms with E-state index in [0.29, 0.717) is 21.5 Å². The average Bonchev–Trinajstić information content (AvgIpc) is 3.66. The van der Waals surface area contributed by atoms with E-state index in [1.54, 1.807) is 6.92 Å². The van der Waals surface area contributed by atoms with Crippen molar-refractivity contribution in [1.82, 2.24) is 20.1 Å². The Morgan fingerprint density at radius 2 is 1.95 bits per heavy atom. The highest BCUT2D eigenvalue weighted by Crippen LogP contribution is 2.39. The lowest BCUT2D eigenvalue weighted by Crippen LogP contribution is -2.25. The van der Waals surface area contributed by atoms with Gasteiger partial charge >= 0.3 is 5.97 Å². The van der Waals surface area contributed by atoms with Crippen molar-refractivity contribution >= 4 is 45.9 Å². The van der Waals surface area contributed by atoms with Gasteiger partial charge in [-0.15, -0.1) is 21.5 Å². The average molecular weight is 608 g/mol. The lowest BCUT2D eigenvalue weighted by Gasteiger charge is -2.14. The predicted octanol–water partition coefficient (Wildman–Crippen LogP) is 5.41. The van der Waals surface area contributed by atoms with Crippen LogP contribution in [-0.2, 0) is 28.9 Å². The van der Waals surface area contributed by atoms with Gasteiger partial charge in [0, 0.05) is 10.4 Å². The molecule has 2 amide bonds. The fraction of sp³-hybridized carbons (Fsp3) is 0.300. The maximum Gasteiger partial charge on any atom is 0.341 e. The molecule has 0 atom stereocenters. The van der Waals surface area contributed by atoms with Crippen molar-refractivity contribution in [3.05, 3.63) is 86.8 Å². The Morgan fingerprint density at radius 3 is 2.74 bits per heavy atom. The minimum Gasteiger partial charge on any atom is -0.462 e. The Balaban J connectivity index is 1.35. The van der Waals surface area contributed by atoms with Crippen molar-refractivity contribution in [1.29, 1.82) is 0 Å². The number of hydrogen-bond acceptors (Lipinski definition) is 8. The molecule has 2 heterocycles. The smallest absolute Gasteiger partial charge is 0.341 e. The summed E-state index contributed by atoms with van der Waals surface area (Å²) in [6.07, 6.45) is 2.66. The SMILES string of the molecule is CCOC(=O)c1c(NC(=O)CSc2nnc(CNC(=O)c3cccc(F)c3)n2-c2cc(C)ccc2C)sc2c1CCC2. The second-order valence-corrected chi connectivity index (χ2v) is 11.9. The van der Waals surface area contributed by atoms with Crippen molar-refractivity contribution in [2.75, 3.05) is 17.7 Å². The standard InChI is InChI=1S/C30H30FN5O4S2/c1-4-40-29(39)26-21-9-6-10-23(21)42-28(26)33-25(37)16-41-30-35-34-24(36(30)22-13-17(2)11-12-18(22)3)15-32-27(38)19-7-5-8-20(31)14-19/h5,7-8,11-14H,4,6,9-10,15-16H2,1-3H3,(H,32,38)(H,33,37). The lowest BCUT2D eigenvalue weighted by molar-refractivity contribution is -0.113. The van der Waals surface area contributed by atoms with Crippen molar-refractivity contribution in [2.45, 2.75) is 51.7 Å². The van der Waals surface area contributed by atoms with Crippen molar-refractivity contribution in [3.63, 3.8) is 0 Å². The molecule has 12 heteroatoms. The summed E-state index contributed by atoms with van der Waals surface area (Å²) in [6, 6.07) is 11.4. The quantitative estimate of drug-likeness (QED) is 0.183. The van der Waals surface area contributed by atoms with E-state index in [2.05, 4.69) is 20.8 Å². The summed E-state index contributed by atoms with van der Waals surface area (Å²) in [5.74, 6) is -1.18. The molecule has 0 radical (unpaired) electrons. The molecule has 0 saturated heterocycles. The summed E-state index contributed by atoms with van der Waals surface area (Å²) >= 11 is 2.63. The molecule has 5 rings (SSSR count). The third kappa shape index (κ3) is 6.39. The zero-order valence-corrected chi connectivity index (χ0v) is 25.1.